The Morgan fingerprint density at radius 3 is 2.24 bits per heavy atom. The maximum absolute atomic E-state index is 9.63. The lowest BCUT2D eigenvalue weighted by atomic mass is 9.99. The van der Waals surface area contributed by atoms with Gasteiger partial charge in [-0.1, -0.05) is 18.2 Å². The quantitative estimate of drug-likeness (QED) is 0.265. The van der Waals surface area contributed by atoms with Crippen LogP contribution in [-0.4, -0.2) is 4.98 Å². The number of benzene rings is 4. The lowest BCUT2D eigenvalue weighted by Gasteiger charge is -2.05. The highest BCUT2D eigenvalue weighted by Gasteiger charge is 2.14. The molecule has 0 spiro atoms. The van der Waals surface area contributed by atoms with Gasteiger partial charge in [-0.3, -0.25) is 0 Å². The van der Waals surface area contributed by atoms with E-state index < -0.39 is 0 Å². The predicted octanol–water partition coefficient (Wildman–Crippen LogP) is 7.36. The van der Waals surface area contributed by atoms with Crippen molar-refractivity contribution < 1.29 is 8.83 Å². The number of furan rings is 1. The van der Waals surface area contributed by atoms with Gasteiger partial charge in [-0.05, 0) is 59.7 Å². The van der Waals surface area contributed by atoms with Crippen molar-refractivity contribution in [1.82, 2.24) is 4.98 Å². The van der Waals surface area contributed by atoms with Gasteiger partial charge in [-0.2, -0.15) is 10.5 Å². The molecule has 6 aromatic rings. The van der Waals surface area contributed by atoms with Crippen molar-refractivity contribution in [2.75, 3.05) is 0 Å². The van der Waals surface area contributed by atoms with E-state index in [0.717, 1.165) is 21.9 Å². The molecule has 34 heavy (non-hydrogen) atoms. The molecule has 0 amide bonds. The van der Waals surface area contributed by atoms with Crippen LogP contribution in [0.15, 0.2) is 81.6 Å². The van der Waals surface area contributed by atoms with Gasteiger partial charge in [-0.25, -0.2) is 9.83 Å². The van der Waals surface area contributed by atoms with Crippen molar-refractivity contribution in [3.8, 4) is 34.7 Å². The lowest BCUT2D eigenvalue weighted by molar-refractivity contribution is 0.620. The van der Waals surface area contributed by atoms with E-state index in [1.807, 2.05) is 30.3 Å². The predicted molar refractivity (Wildman–Crippen MR) is 128 cm³/mol. The molecule has 0 fully saturated rings. The van der Waals surface area contributed by atoms with Gasteiger partial charge < -0.3 is 8.83 Å². The Balaban J connectivity index is 1.49. The Hall–Kier alpha value is -5.38. The Morgan fingerprint density at radius 2 is 1.44 bits per heavy atom. The summed E-state index contributed by atoms with van der Waals surface area (Å²) >= 11 is 0. The molecule has 156 valence electrons. The van der Waals surface area contributed by atoms with Crippen molar-refractivity contribution in [3.63, 3.8) is 0 Å². The SMILES string of the molecule is [C-]#[N+]c1ccc2c(c1)oc1cc(-c3cc(C#N)cc(-c4nc5ccc(C#N)cc5o4)c3)ccc12. The smallest absolute Gasteiger partial charge is 0.227 e. The molecule has 2 aromatic heterocycles. The van der Waals surface area contributed by atoms with Crippen LogP contribution in [-0.2, 0) is 0 Å². The Bertz CT molecular complexity index is 1910. The van der Waals surface area contributed by atoms with Crippen LogP contribution in [0, 0.1) is 29.2 Å². The molecule has 0 unspecified atom stereocenters. The molecule has 0 aliphatic carbocycles. The number of nitrogens with zero attached hydrogens (tertiary/aromatic N) is 4. The average Bonchev–Trinajstić information content (AvgIpc) is 3.48. The van der Waals surface area contributed by atoms with E-state index in [1.165, 1.54) is 0 Å². The van der Waals surface area contributed by atoms with Gasteiger partial charge >= 0.3 is 0 Å². The molecular formula is C28H12N4O2. The first-order valence-corrected chi connectivity index (χ1v) is 10.4. The Kier molecular flexibility index (Phi) is 4.17. The molecule has 6 rings (SSSR count). The van der Waals surface area contributed by atoms with Crippen LogP contribution in [0.5, 0.6) is 0 Å². The van der Waals surface area contributed by atoms with Crippen molar-refractivity contribution in [1.29, 1.82) is 10.5 Å². The molecular weight excluding hydrogens is 424 g/mol. The first-order chi connectivity index (χ1) is 16.6. The second-order valence-corrected chi connectivity index (χ2v) is 7.83. The topological polar surface area (TPSA) is 91.1 Å². The summed E-state index contributed by atoms with van der Waals surface area (Å²) < 4.78 is 11.9. The minimum Gasteiger partial charge on any atom is -0.457 e. The van der Waals surface area contributed by atoms with Crippen LogP contribution in [0.3, 0.4) is 0 Å². The molecule has 0 aliphatic heterocycles. The molecule has 0 radical (unpaired) electrons. The van der Waals surface area contributed by atoms with Crippen LogP contribution < -0.4 is 0 Å². The van der Waals surface area contributed by atoms with Gasteiger partial charge in [0.05, 0.1) is 29.8 Å². The number of hydrogen-bond donors (Lipinski definition) is 0. The highest BCUT2D eigenvalue weighted by Crippen LogP contribution is 2.35. The number of aromatic nitrogens is 1. The average molecular weight is 436 g/mol. The van der Waals surface area contributed by atoms with E-state index >= 15 is 0 Å². The fourth-order valence-electron chi connectivity index (χ4n) is 4.11. The molecule has 4 aromatic carbocycles. The maximum atomic E-state index is 9.63. The summed E-state index contributed by atoms with van der Waals surface area (Å²) in [6.45, 7) is 7.22. The molecule has 6 heteroatoms. The van der Waals surface area contributed by atoms with Crippen LogP contribution in [0.2, 0.25) is 0 Å². The normalized spacial score (nSPS) is 10.9. The summed E-state index contributed by atoms with van der Waals surface area (Å²) in [5, 5.41) is 20.7. The summed E-state index contributed by atoms with van der Waals surface area (Å²) in [5.74, 6) is 0.375. The van der Waals surface area contributed by atoms with E-state index in [2.05, 4.69) is 22.0 Å². The second kappa shape index (κ2) is 7.35. The van der Waals surface area contributed by atoms with Gasteiger partial charge in [0, 0.05) is 22.4 Å². The molecule has 0 saturated carbocycles. The molecule has 0 atom stereocenters. The molecule has 0 N–H and O–H groups in total. The number of oxazole rings is 1. The number of nitriles is 2. The largest absolute Gasteiger partial charge is 0.457 e. The van der Waals surface area contributed by atoms with Gasteiger partial charge in [0.2, 0.25) is 5.89 Å². The van der Waals surface area contributed by atoms with Crippen molar-refractivity contribution in [2.45, 2.75) is 0 Å². The molecule has 2 heterocycles. The third-order valence-electron chi connectivity index (χ3n) is 5.75. The van der Waals surface area contributed by atoms with Crippen LogP contribution in [0.4, 0.5) is 5.69 Å². The standard InChI is InChI=1S/C28H12N4O2/c1-31-21-4-6-23-22-5-3-18(12-25(22)33-26(23)13-21)19-8-17(15-30)9-20(11-19)28-32-24-7-2-16(14-29)10-27(24)34-28/h2-13H. The summed E-state index contributed by atoms with van der Waals surface area (Å²) in [4.78, 5) is 8.00. The van der Waals surface area contributed by atoms with Crippen LogP contribution >= 0.6 is 0 Å². The van der Waals surface area contributed by atoms with Gasteiger partial charge in [0.1, 0.15) is 16.7 Å². The van der Waals surface area contributed by atoms with Crippen molar-refractivity contribution in [2.24, 2.45) is 0 Å². The third-order valence-corrected chi connectivity index (χ3v) is 5.75. The van der Waals surface area contributed by atoms with E-state index in [4.69, 9.17) is 20.7 Å². The van der Waals surface area contributed by atoms with Crippen molar-refractivity contribution in [3.05, 3.63) is 95.3 Å². The summed E-state index contributed by atoms with van der Waals surface area (Å²) in [6, 6.07) is 26.1. The molecule has 0 saturated heterocycles. The molecule has 0 bridgehead atoms. The minimum absolute atomic E-state index is 0.375. The van der Waals surface area contributed by atoms with E-state index in [-0.39, 0.29) is 0 Å². The zero-order valence-electron chi connectivity index (χ0n) is 17.5. The van der Waals surface area contributed by atoms with Crippen LogP contribution in [0.1, 0.15) is 11.1 Å². The molecule has 0 aliphatic rings. The highest BCUT2D eigenvalue weighted by atomic mass is 16.3. The summed E-state index contributed by atoms with van der Waals surface area (Å²) in [7, 11) is 0. The first-order valence-electron chi connectivity index (χ1n) is 10.4. The highest BCUT2D eigenvalue weighted by molar-refractivity contribution is 6.06. The Labute approximate surface area is 193 Å². The summed E-state index contributed by atoms with van der Waals surface area (Å²) in [6.07, 6.45) is 0. The van der Waals surface area contributed by atoms with Crippen LogP contribution in [0.25, 0.3) is 60.5 Å². The number of fused-ring (bicyclic) bond motifs is 4. The zero-order chi connectivity index (χ0) is 23.2. The maximum Gasteiger partial charge on any atom is 0.227 e. The van der Waals surface area contributed by atoms with E-state index in [0.29, 0.717) is 50.5 Å². The van der Waals surface area contributed by atoms with E-state index in [1.54, 1.807) is 42.5 Å². The fourth-order valence-corrected chi connectivity index (χ4v) is 4.11. The fraction of sp³-hybridized carbons (Fsp3) is 0. The first kappa shape index (κ1) is 19.3. The van der Waals surface area contributed by atoms with Gasteiger partial charge in [0.25, 0.3) is 0 Å². The Morgan fingerprint density at radius 1 is 0.676 bits per heavy atom. The monoisotopic (exact) mass is 436 g/mol. The zero-order valence-corrected chi connectivity index (χ0v) is 17.5. The molecule has 6 nitrogen and oxygen atoms in total. The number of rotatable bonds is 2. The minimum atomic E-state index is 0.375. The lowest BCUT2D eigenvalue weighted by Crippen LogP contribution is -1.85. The van der Waals surface area contributed by atoms with Gasteiger partial charge in [0.15, 0.2) is 11.3 Å². The second-order valence-electron chi connectivity index (χ2n) is 7.83. The van der Waals surface area contributed by atoms with Gasteiger partial charge in [-0.15, -0.1) is 0 Å². The number of hydrogen-bond acceptors (Lipinski definition) is 5. The third kappa shape index (κ3) is 3.06. The van der Waals surface area contributed by atoms with E-state index in [9.17, 15) is 5.26 Å². The summed E-state index contributed by atoms with van der Waals surface area (Å²) in [5.41, 5.74) is 6.36. The van der Waals surface area contributed by atoms with Crippen molar-refractivity contribution >= 4 is 38.7 Å².